The van der Waals surface area contributed by atoms with Crippen LogP contribution in [-0.2, 0) is 6.54 Å². The second kappa shape index (κ2) is 8.74. The lowest BCUT2D eigenvalue weighted by Crippen LogP contribution is -2.32. The summed E-state index contributed by atoms with van der Waals surface area (Å²) in [4.78, 5) is 19.1. The monoisotopic (exact) mass is 386 g/mol. The number of para-hydroxylation sites is 1. The predicted octanol–water partition coefficient (Wildman–Crippen LogP) is 4.28. The van der Waals surface area contributed by atoms with Crippen LogP contribution in [0.2, 0.25) is 0 Å². The van der Waals surface area contributed by atoms with Gasteiger partial charge in [-0.15, -0.1) is 11.5 Å². The average Bonchev–Trinajstić information content (AvgIpc) is 3.10. The summed E-state index contributed by atoms with van der Waals surface area (Å²) in [5, 5.41) is 4.53. The van der Waals surface area contributed by atoms with Gasteiger partial charge < -0.3 is 4.90 Å². The van der Waals surface area contributed by atoms with E-state index in [1.54, 1.807) is 9.58 Å². The van der Waals surface area contributed by atoms with Gasteiger partial charge in [0, 0.05) is 6.54 Å². The Hall–Kier alpha value is -3.39. The van der Waals surface area contributed by atoms with Gasteiger partial charge in [0.1, 0.15) is 5.82 Å². The Morgan fingerprint density at radius 3 is 2.48 bits per heavy atom. The molecule has 0 radical (unpaired) electrons. The Morgan fingerprint density at radius 2 is 1.83 bits per heavy atom. The quantitative estimate of drug-likeness (QED) is 0.594. The van der Waals surface area contributed by atoms with Crippen molar-refractivity contribution in [2.45, 2.75) is 40.2 Å². The third-order valence-corrected chi connectivity index (χ3v) is 4.81. The van der Waals surface area contributed by atoms with Crippen molar-refractivity contribution in [3.05, 3.63) is 76.9 Å². The van der Waals surface area contributed by atoms with E-state index in [0.717, 1.165) is 16.8 Å². The van der Waals surface area contributed by atoms with Crippen molar-refractivity contribution in [1.29, 1.82) is 0 Å². The predicted molar refractivity (Wildman–Crippen MR) is 115 cm³/mol. The third kappa shape index (κ3) is 4.55. The molecule has 0 spiro atoms. The first kappa shape index (κ1) is 20.3. The standard InChI is InChI=1S/C24H26N4O/c1-6-15-27(16-20-13-11-18(4)12-14-20)24(29)23-25-19(5)28(26-23)22-10-8-7-9-21(22)17(2)3/h1,7-14,17H,15-16H2,2-5H3. The number of aromatic nitrogens is 3. The maximum absolute atomic E-state index is 13.1. The number of benzene rings is 2. The van der Waals surface area contributed by atoms with E-state index >= 15 is 0 Å². The fraction of sp³-hybridized carbons (Fsp3) is 0.292. The molecule has 0 atom stereocenters. The van der Waals surface area contributed by atoms with Gasteiger partial charge in [0.05, 0.1) is 12.2 Å². The molecular formula is C24H26N4O. The molecule has 1 amide bonds. The molecule has 2 aromatic carbocycles. The van der Waals surface area contributed by atoms with E-state index in [-0.39, 0.29) is 18.3 Å². The number of carbonyl (C=O) groups excluding carboxylic acids is 1. The highest BCUT2D eigenvalue weighted by molar-refractivity contribution is 5.90. The number of nitrogens with zero attached hydrogens (tertiary/aromatic N) is 4. The van der Waals surface area contributed by atoms with Crippen molar-refractivity contribution >= 4 is 5.91 Å². The van der Waals surface area contributed by atoms with Crippen LogP contribution in [0.5, 0.6) is 0 Å². The summed E-state index contributed by atoms with van der Waals surface area (Å²) in [5.41, 5.74) is 4.28. The van der Waals surface area contributed by atoms with E-state index in [0.29, 0.717) is 18.3 Å². The molecule has 0 N–H and O–H groups in total. The summed E-state index contributed by atoms with van der Waals surface area (Å²) in [7, 11) is 0. The van der Waals surface area contributed by atoms with Crippen LogP contribution in [0.3, 0.4) is 0 Å². The number of carbonyl (C=O) groups is 1. The van der Waals surface area contributed by atoms with Crippen molar-refractivity contribution in [1.82, 2.24) is 19.7 Å². The van der Waals surface area contributed by atoms with E-state index in [1.807, 2.05) is 56.3 Å². The van der Waals surface area contributed by atoms with Crippen LogP contribution in [0.15, 0.2) is 48.5 Å². The first-order valence-corrected chi connectivity index (χ1v) is 9.72. The normalized spacial score (nSPS) is 10.8. The minimum atomic E-state index is -0.271. The highest BCUT2D eigenvalue weighted by Crippen LogP contribution is 2.23. The Kier molecular flexibility index (Phi) is 6.13. The third-order valence-electron chi connectivity index (χ3n) is 4.81. The first-order chi connectivity index (χ1) is 13.9. The number of aryl methyl sites for hydroxylation is 2. The average molecular weight is 386 g/mol. The van der Waals surface area contributed by atoms with Gasteiger partial charge in [0.15, 0.2) is 0 Å². The molecule has 1 heterocycles. The lowest BCUT2D eigenvalue weighted by Gasteiger charge is -2.19. The molecule has 5 nitrogen and oxygen atoms in total. The van der Waals surface area contributed by atoms with Crippen LogP contribution in [0.1, 0.15) is 52.9 Å². The second-order valence-corrected chi connectivity index (χ2v) is 7.46. The molecule has 0 saturated heterocycles. The van der Waals surface area contributed by atoms with Crippen molar-refractivity contribution in [3.63, 3.8) is 0 Å². The van der Waals surface area contributed by atoms with Crippen molar-refractivity contribution in [2.24, 2.45) is 0 Å². The SMILES string of the molecule is C#CCN(Cc1ccc(C)cc1)C(=O)c1nc(C)n(-c2ccccc2C(C)C)n1. The minimum Gasteiger partial charge on any atom is -0.320 e. The Labute approximate surface area is 172 Å². The topological polar surface area (TPSA) is 51.0 Å². The van der Waals surface area contributed by atoms with E-state index in [4.69, 9.17) is 6.42 Å². The zero-order valence-electron chi connectivity index (χ0n) is 17.4. The molecule has 0 unspecified atom stereocenters. The van der Waals surface area contributed by atoms with E-state index in [9.17, 15) is 4.79 Å². The molecule has 3 aromatic rings. The van der Waals surface area contributed by atoms with Crippen LogP contribution in [-0.4, -0.2) is 32.1 Å². The van der Waals surface area contributed by atoms with Gasteiger partial charge in [-0.1, -0.05) is 67.8 Å². The molecular weight excluding hydrogens is 360 g/mol. The molecule has 0 saturated carbocycles. The maximum Gasteiger partial charge on any atom is 0.294 e. The number of hydrogen-bond acceptors (Lipinski definition) is 3. The molecule has 148 valence electrons. The number of hydrogen-bond donors (Lipinski definition) is 0. The smallest absolute Gasteiger partial charge is 0.294 e. The summed E-state index contributed by atoms with van der Waals surface area (Å²) in [6.07, 6.45) is 5.51. The highest BCUT2D eigenvalue weighted by Gasteiger charge is 2.22. The van der Waals surface area contributed by atoms with Crippen molar-refractivity contribution < 1.29 is 4.79 Å². The molecule has 0 aliphatic carbocycles. The lowest BCUT2D eigenvalue weighted by atomic mass is 10.0. The Balaban J connectivity index is 1.91. The fourth-order valence-electron chi connectivity index (χ4n) is 3.24. The second-order valence-electron chi connectivity index (χ2n) is 7.46. The van der Waals surface area contributed by atoms with Crippen molar-refractivity contribution in [2.75, 3.05) is 6.54 Å². The summed E-state index contributed by atoms with van der Waals surface area (Å²) < 4.78 is 1.74. The fourth-order valence-corrected chi connectivity index (χ4v) is 3.24. The maximum atomic E-state index is 13.1. The largest absolute Gasteiger partial charge is 0.320 e. The summed E-state index contributed by atoms with van der Waals surface area (Å²) >= 11 is 0. The molecule has 0 aliphatic heterocycles. The van der Waals surface area contributed by atoms with Crippen LogP contribution in [0.25, 0.3) is 5.69 Å². The zero-order chi connectivity index (χ0) is 21.0. The molecule has 1 aromatic heterocycles. The Morgan fingerprint density at radius 1 is 1.14 bits per heavy atom. The van der Waals surface area contributed by atoms with Gasteiger partial charge in [0.25, 0.3) is 5.91 Å². The van der Waals surface area contributed by atoms with Crippen LogP contribution >= 0.6 is 0 Å². The molecule has 0 aliphatic rings. The Bertz CT molecular complexity index is 1040. The van der Waals surface area contributed by atoms with Crippen LogP contribution in [0, 0.1) is 26.2 Å². The first-order valence-electron chi connectivity index (χ1n) is 9.72. The van der Waals surface area contributed by atoms with Gasteiger partial charge in [-0.05, 0) is 37.0 Å². The summed E-state index contributed by atoms with van der Waals surface area (Å²) in [5.74, 6) is 3.45. The van der Waals surface area contributed by atoms with Gasteiger partial charge in [-0.3, -0.25) is 4.79 Å². The number of amides is 1. The number of terminal acetylenes is 1. The molecule has 0 fully saturated rings. The van der Waals surface area contributed by atoms with Gasteiger partial charge in [0.2, 0.25) is 5.82 Å². The highest BCUT2D eigenvalue weighted by atomic mass is 16.2. The number of rotatable bonds is 6. The van der Waals surface area contributed by atoms with Gasteiger partial charge in [-0.25, -0.2) is 9.67 Å². The van der Waals surface area contributed by atoms with Crippen LogP contribution in [0.4, 0.5) is 0 Å². The summed E-state index contributed by atoms with van der Waals surface area (Å²) in [6, 6.07) is 16.1. The van der Waals surface area contributed by atoms with Crippen molar-refractivity contribution in [3.8, 4) is 18.0 Å². The molecule has 29 heavy (non-hydrogen) atoms. The van der Waals surface area contributed by atoms with E-state index in [2.05, 4.69) is 35.9 Å². The zero-order valence-corrected chi connectivity index (χ0v) is 17.4. The molecule has 3 rings (SSSR count). The molecule has 0 bridgehead atoms. The minimum absolute atomic E-state index is 0.156. The van der Waals surface area contributed by atoms with E-state index in [1.165, 1.54) is 5.56 Å². The van der Waals surface area contributed by atoms with Crippen LogP contribution < -0.4 is 0 Å². The lowest BCUT2D eigenvalue weighted by molar-refractivity contribution is 0.0753. The summed E-state index contributed by atoms with van der Waals surface area (Å²) in [6.45, 7) is 8.76. The van der Waals surface area contributed by atoms with E-state index < -0.39 is 0 Å². The molecule has 5 heteroatoms. The van der Waals surface area contributed by atoms with Gasteiger partial charge in [-0.2, -0.15) is 0 Å². The van der Waals surface area contributed by atoms with Gasteiger partial charge >= 0.3 is 0 Å².